The molecule has 2 heterocycles. The molecule has 1 aromatic carbocycles. The number of aliphatic hydroxyl groups is 1. The van der Waals surface area contributed by atoms with Crippen molar-refractivity contribution in [2.75, 3.05) is 52.7 Å². The van der Waals surface area contributed by atoms with E-state index in [4.69, 9.17) is 19.9 Å². The summed E-state index contributed by atoms with van der Waals surface area (Å²) < 4.78 is 17.0. The molecule has 2 aromatic rings. The Bertz CT molecular complexity index is 1320. The van der Waals surface area contributed by atoms with Gasteiger partial charge in [-0.05, 0) is 36.3 Å². The minimum atomic E-state index is -0.920. The van der Waals surface area contributed by atoms with Gasteiger partial charge >= 0.3 is 0 Å². The van der Waals surface area contributed by atoms with Crippen molar-refractivity contribution in [3.63, 3.8) is 0 Å². The van der Waals surface area contributed by atoms with E-state index in [0.29, 0.717) is 39.6 Å². The number of rotatable bonds is 17. The first-order valence-corrected chi connectivity index (χ1v) is 17.3. The first-order chi connectivity index (χ1) is 22.4. The van der Waals surface area contributed by atoms with Gasteiger partial charge in [0.1, 0.15) is 18.7 Å². The van der Waals surface area contributed by atoms with Gasteiger partial charge < -0.3 is 40.6 Å². The Labute approximate surface area is 281 Å². The third-order valence-electron chi connectivity index (χ3n) is 8.81. The summed E-state index contributed by atoms with van der Waals surface area (Å²) in [4.78, 5) is 47.0. The van der Waals surface area contributed by atoms with E-state index in [1.165, 1.54) is 4.90 Å². The Balaban J connectivity index is 1.28. The van der Waals surface area contributed by atoms with E-state index in [1.54, 1.807) is 11.3 Å². The molecule has 2 fully saturated rings. The van der Waals surface area contributed by atoms with E-state index in [1.807, 2.05) is 57.5 Å². The molecule has 4 rings (SSSR count). The number of nitrogens with one attached hydrogen (secondary N) is 2. The van der Waals surface area contributed by atoms with Crippen LogP contribution in [-0.2, 0) is 35.1 Å². The fourth-order valence-electron chi connectivity index (χ4n) is 5.94. The van der Waals surface area contributed by atoms with E-state index in [2.05, 4.69) is 15.6 Å². The predicted molar refractivity (Wildman–Crippen MR) is 179 cm³/mol. The molecule has 260 valence electrons. The van der Waals surface area contributed by atoms with Gasteiger partial charge in [-0.1, -0.05) is 51.5 Å². The minimum absolute atomic E-state index is 0.0125. The highest BCUT2D eigenvalue weighted by atomic mass is 32.1. The van der Waals surface area contributed by atoms with Crippen molar-refractivity contribution in [3.8, 4) is 10.4 Å². The van der Waals surface area contributed by atoms with Crippen LogP contribution in [0.3, 0.4) is 0 Å². The van der Waals surface area contributed by atoms with Gasteiger partial charge in [0.05, 0.1) is 55.2 Å². The molecule has 3 amide bonds. The number of aliphatic hydroxyl groups excluding tert-OH is 1. The van der Waals surface area contributed by atoms with Crippen molar-refractivity contribution >= 4 is 29.1 Å². The average molecular weight is 674 g/mol. The number of thiazole rings is 1. The summed E-state index contributed by atoms with van der Waals surface area (Å²) in [5.74, 6) is -1.17. The van der Waals surface area contributed by atoms with Crippen LogP contribution in [0.5, 0.6) is 0 Å². The maximum absolute atomic E-state index is 13.9. The quantitative estimate of drug-likeness (QED) is 0.185. The number of carbonyl (C=O) groups is 3. The molecule has 0 radical (unpaired) electrons. The summed E-state index contributed by atoms with van der Waals surface area (Å²) >= 11 is 1.58. The Morgan fingerprint density at radius 1 is 1.11 bits per heavy atom. The van der Waals surface area contributed by atoms with Crippen LogP contribution in [0.2, 0.25) is 0 Å². The van der Waals surface area contributed by atoms with Gasteiger partial charge in [0.15, 0.2) is 0 Å². The van der Waals surface area contributed by atoms with Crippen molar-refractivity contribution in [2.24, 2.45) is 16.6 Å². The largest absolute Gasteiger partial charge is 0.391 e. The lowest BCUT2D eigenvalue weighted by atomic mass is 9.70. The Morgan fingerprint density at radius 2 is 1.81 bits per heavy atom. The Kier molecular flexibility index (Phi) is 13.3. The number of β-amino-alcohol motifs (C(OH)–C–C–N with tert-alkyl or cyclic N) is 1. The van der Waals surface area contributed by atoms with Crippen LogP contribution in [0.15, 0.2) is 29.8 Å². The molecule has 1 saturated heterocycles. The molecule has 47 heavy (non-hydrogen) atoms. The first-order valence-electron chi connectivity index (χ1n) is 16.4. The van der Waals surface area contributed by atoms with Crippen LogP contribution >= 0.6 is 11.3 Å². The third kappa shape index (κ3) is 10.3. The molecule has 1 aromatic heterocycles. The van der Waals surface area contributed by atoms with Gasteiger partial charge in [-0.2, -0.15) is 0 Å². The summed E-state index contributed by atoms with van der Waals surface area (Å²) in [6.07, 6.45) is 2.28. The standard InChI is InChI=1S/C34H51N5O7S/c1-23-29(47-22-37-23)25-8-6-24(7-9-25)17-36-31(42)27-16-26(40)18-39(27)32(43)30(33(2,3)4)38-28(41)19-46-21-34(10-5-11-34)20-45-15-14-44-13-12-35/h6-9,22,26-27,30,40H,5,10-21,35H2,1-4H3,(H,36,42)(H,38,41)/t26-,27+,30-/m1/s1. The van der Waals surface area contributed by atoms with Crippen LogP contribution in [0.1, 0.15) is 57.7 Å². The van der Waals surface area contributed by atoms with Gasteiger partial charge in [0, 0.05) is 31.5 Å². The fourth-order valence-corrected chi connectivity index (χ4v) is 6.75. The van der Waals surface area contributed by atoms with E-state index in [9.17, 15) is 19.5 Å². The second-order valence-electron chi connectivity index (χ2n) is 13.7. The lowest BCUT2D eigenvalue weighted by Gasteiger charge is -2.41. The second-order valence-corrected chi connectivity index (χ2v) is 14.6. The van der Waals surface area contributed by atoms with Crippen LogP contribution in [0.4, 0.5) is 0 Å². The van der Waals surface area contributed by atoms with E-state index >= 15 is 0 Å². The van der Waals surface area contributed by atoms with E-state index in [0.717, 1.165) is 41.0 Å². The molecule has 12 nitrogen and oxygen atoms in total. The maximum atomic E-state index is 13.9. The van der Waals surface area contributed by atoms with Crippen LogP contribution < -0.4 is 16.4 Å². The Hall–Kier alpha value is -2.94. The fraction of sp³-hybridized carbons (Fsp3) is 0.647. The Morgan fingerprint density at radius 3 is 2.43 bits per heavy atom. The van der Waals surface area contributed by atoms with Gasteiger partial charge in [-0.15, -0.1) is 11.3 Å². The molecular formula is C34H51N5O7S. The molecule has 1 saturated carbocycles. The van der Waals surface area contributed by atoms with Crippen LogP contribution in [0.25, 0.3) is 10.4 Å². The summed E-state index contributed by atoms with van der Waals surface area (Å²) in [5, 5.41) is 16.3. The maximum Gasteiger partial charge on any atom is 0.246 e. The normalized spacial score (nSPS) is 19.7. The zero-order valence-corrected chi connectivity index (χ0v) is 28.9. The molecule has 3 atom stereocenters. The van der Waals surface area contributed by atoms with E-state index in [-0.39, 0.29) is 37.4 Å². The molecular weight excluding hydrogens is 622 g/mol. The second kappa shape index (κ2) is 16.9. The molecule has 1 aliphatic heterocycles. The smallest absolute Gasteiger partial charge is 0.246 e. The number of nitrogens with two attached hydrogens (primary N) is 1. The first kappa shape index (κ1) is 36.9. The van der Waals surface area contributed by atoms with Crippen LogP contribution in [0, 0.1) is 17.8 Å². The number of hydrogen-bond acceptors (Lipinski definition) is 10. The molecule has 0 bridgehead atoms. The van der Waals surface area contributed by atoms with Gasteiger partial charge in [0.25, 0.3) is 0 Å². The van der Waals surface area contributed by atoms with Crippen molar-refractivity contribution in [1.29, 1.82) is 0 Å². The van der Waals surface area contributed by atoms with Gasteiger partial charge in [-0.25, -0.2) is 4.98 Å². The van der Waals surface area contributed by atoms with Crippen molar-refractivity contribution in [1.82, 2.24) is 20.5 Å². The molecule has 2 aliphatic rings. The summed E-state index contributed by atoms with van der Waals surface area (Å²) in [5.41, 5.74) is 9.42. The number of benzene rings is 1. The highest BCUT2D eigenvalue weighted by Gasteiger charge is 2.44. The highest BCUT2D eigenvalue weighted by molar-refractivity contribution is 7.13. The number of carbonyl (C=O) groups excluding carboxylic acids is 3. The number of ether oxygens (including phenoxy) is 3. The molecule has 5 N–H and O–H groups in total. The zero-order chi connectivity index (χ0) is 34.0. The molecule has 1 aliphatic carbocycles. The topological polar surface area (TPSA) is 165 Å². The molecule has 13 heteroatoms. The SMILES string of the molecule is Cc1ncsc1-c1ccc(CNC(=O)[C@@H]2C[C@@H](O)CN2C(=O)[C@@H](NC(=O)COCC2(COCCOCCN)CCC2)C(C)(C)C)cc1. The highest BCUT2D eigenvalue weighted by Crippen LogP contribution is 2.41. The summed E-state index contributed by atoms with van der Waals surface area (Å²) in [6.45, 7) is 10.5. The number of hydrogen-bond donors (Lipinski definition) is 4. The van der Waals surface area contributed by atoms with Crippen LogP contribution in [-0.4, -0.2) is 104 Å². The van der Waals surface area contributed by atoms with Gasteiger partial charge in [0.2, 0.25) is 17.7 Å². The number of likely N-dealkylation sites (tertiary alicyclic amines) is 1. The number of aryl methyl sites for hydroxylation is 1. The van der Waals surface area contributed by atoms with Gasteiger partial charge in [-0.3, -0.25) is 14.4 Å². The summed E-state index contributed by atoms with van der Waals surface area (Å²) in [6, 6.07) is 6.13. The predicted octanol–water partition coefficient (Wildman–Crippen LogP) is 2.41. The minimum Gasteiger partial charge on any atom is -0.391 e. The molecule has 0 unspecified atom stereocenters. The average Bonchev–Trinajstić information content (AvgIpc) is 3.63. The lowest BCUT2D eigenvalue weighted by Crippen LogP contribution is -2.58. The molecule has 0 spiro atoms. The van der Waals surface area contributed by atoms with E-state index < -0.39 is 35.4 Å². The van der Waals surface area contributed by atoms with Crippen molar-refractivity contribution in [3.05, 3.63) is 41.0 Å². The lowest BCUT2D eigenvalue weighted by molar-refractivity contribution is -0.145. The van der Waals surface area contributed by atoms with Crippen molar-refractivity contribution in [2.45, 2.75) is 78.1 Å². The number of amides is 3. The number of nitrogens with zero attached hydrogens (tertiary/aromatic N) is 2. The summed E-state index contributed by atoms with van der Waals surface area (Å²) in [7, 11) is 0. The number of aromatic nitrogens is 1. The monoisotopic (exact) mass is 673 g/mol. The zero-order valence-electron chi connectivity index (χ0n) is 28.1. The third-order valence-corrected chi connectivity index (χ3v) is 9.79. The van der Waals surface area contributed by atoms with Crippen molar-refractivity contribution < 1.29 is 33.7 Å².